The van der Waals surface area contributed by atoms with Crippen molar-refractivity contribution >= 4 is 5.91 Å². The lowest BCUT2D eigenvalue weighted by atomic mass is 9.70. The van der Waals surface area contributed by atoms with Gasteiger partial charge >= 0.3 is 0 Å². The lowest BCUT2D eigenvalue weighted by Gasteiger charge is -2.48. The van der Waals surface area contributed by atoms with Crippen LogP contribution in [0.1, 0.15) is 55.2 Å². The molecule has 1 aliphatic heterocycles. The first-order chi connectivity index (χ1) is 9.62. The summed E-state index contributed by atoms with van der Waals surface area (Å²) < 4.78 is 1.78. The Bertz CT molecular complexity index is 504. The number of piperidine rings is 1. The highest BCUT2D eigenvalue weighted by molar-refractivity contribution is 5.92. The minimum atomic E-state index is 0.0221. The van der Waals surface area contributed by atoms with Gasteiger partial charge in [-0.25, -0.2) is 0 Å². The summed E-state index contributed by atoms with van der Waals surface area (Å²) in [6.45, 7) is 5.68. The number of amides is 1. The molecule has 0 radical (unpaired) electrons. The number of rotatable bonds is 3. The van der Waals surface area contributed by atoms with Crippen molar-refractivity contribution in [3.05, 3.63) is 17.5 Å². The Morgan fingerprint density at radius 3 is 3.05 bits per heavy atom. The lowest BCUT2D eigenvalue weighted by molar-refractivity contribution is 0.0843. The number of nitrogens with zero attached hydrogens (tertiary/aromatic N) is 2. The highest BCUT2D eigenvalue weighted by Gasteiger charge is 2.41. The van der Waals surface area contributed by atoms with Crippen LogP contribution in [0.2, 0.25) is 0 Å². The van der Waals surface area contributed by atoms with E-state index >= 15 is 0 Å². The smallest absolute Gasteiger partial charge is 0.269 e. The van der Waals surface area contributed by atoms with E-state index in [0.717, 1.165) is 31.6 Å². The molecular weight excluding hydrogens is 252 g/mol. The second kappa shape index (κ2) is 5.20. The molecule has 0 bridgehead atoms. The first-order valence-electron chi connectivity index (χ1n) is 7.72. The first kappa shape index (κ1) is 13.6. The molecule has 0 aromatic carbocycles. The average molecular weight is 276 g/mol. The van der Waals surface area contributed by atoms with Crippen molar-refractivity contribution in [1.82, 2.24) is 20.4 Å². The van der Waals surface area contributed by atoms with E-state index in [-0.39, 0.29) is 5.91 Å². The van der Waals surface area contributed by atoms with Crippen molar-refractivity contribution in [3.63, 3.8) is 0 Å². The summed E-state index contributed by atoms with van der Waals surface area (Å²) >= 11 is 0. The van der Waals surface area contributed by atoms with Gasteiger partial charge in [-0.1, -0.05) is 0 Å². The maximum absolute atomic E-state index is 12.4. The van der Waals surface area contributed by atoms with Crippen molar-refractivity contribution in [1.29, 1.82) is 0 Å². The number of hydrogen-bond acceptors (Lipinski definition) is 3. The minimum Gasteiger partial charge on any atom is -0.348 e. The quantitative estimate of drug-likeness (QED) is 0.882. The van der Waals surface area contributed by atoms with E-state index in [1.165, 1.54) is 19.3 Å². The SMILES string of the molecule is CCn1nc(C)cc1C(=O)NC1CCNC2(CCC2)C1. The molecule has 20 heavy (non-hydrogen) atoms. The fraction of sp³-hybridized carbons (Fsp3) is 0.733. The molecule has 1 unspecified atom stereocenters. The Kier molecular flexibility index (Phi) is 3.54. The molecule has 5 nitrogen and oxygen atoms in total. The maximum atomic E-state index is 12.4. The summed E-state index contributed by atoms with van der Waals surface area (Å²) in [5.74, 6) is 0.0221. The van der Waals surface area contributed by atoms with Gasteiger partial charge in [0.2, 0.25) is 0 Å². The molecule has 1 atom stereocenters. The van der Waals surface area contributed by atoms with E-state index in [1.807, 2.05) is 19.9 Å². The van der Waals surface area contributed by atoms with Crippen LogP contribution in [-0.2, 0) is 6.54 Å². The molecule has 1 saturated heterocycles. The molecule has 1 aliphatic carbocycles. The van der Waals surface area contributed by atoms with Crippen LogP contribution < -0.4 is 10.6 Å². The number of aromatic nitrogens is 2. The second-order valence-electron chi connectivity index (χ2n) is 6.21. The van der Waals surface area contributed by atoms with Gasteiger partial charge in [0.25, 0.3) is 5.91 Å². The van der Waals surface area contributed by atoms with Gasteiger partial charge in [0.05, 0.1) is 5.69 Å². The highest BCUT2D eigenvalue weighted by atomic mass is 16.2. The summed E-state index contributed by atoms with van der Waals surface area (Å²) in [5.41, 5.74) is 1.90. The van der Waals surface area contributed by atoms with Gasteiger partial charge in [-0.2, -0.15) is 5.10 Å². The molecule has 2 heterocycles. The first-order valence-corrected chi connectivity index (χ1v) is 7.72. The molecule has 3 rings (SSSR count). The zero-order valence-corrected chi connectivity index (χ0v) is 12.4. The van der Waals surface area contributed by atoms with Crippen molar-refractivity contribution < 1.29 is 4.79 Å². The molecule has 110 valence electrons. The van der Waals surface area contributed by atoms with Gasteiger partial charge in [-0.15, -0.1) is 0 Å². The molecule has 1 saturated carbocycles. The second-order valence-corrected chi connectivity index (χ2v) is 6.21. The Labute approximate surface area is 120 Å². The number of carbonyl (C=O) groups is 1. The maximum Gasteiger partial charge on any atom is 0.269 e. The normalized spacial score (nSPS) is 24.4. The predicted octanol–water partition coefficient (Wildman–Crippen LogP) is 1.62. The van der Waals surface area contributed by atoms with Crippen LogP contribution in [0.25, 0.3) is 0 Å². The fourth-order valence-corrected chi connectivity index (χ4v) is 3.49. The van der Waals surface area contributed by atoms with E-state index in [1.54, 1.807) is 4.68 Å². The zero-order chi connectivity index (χ0) is 14.2. The van der Waals surface area contributed by atoms with E-state index in [2.05, 4.69) is 15.7 Å². The van der Waals surface area contributed by atoms with Crippen molar-refractivity contribution in [2.75, 3.05) is 6.54 Å². The number of carbonyl (C=O) groups excluding carboxylic acids is 1. The van der Waals surface area contributed by atoms with Gasteiger partial charge in [0.1, 0.15) is 5.69 Å². The summed E-state index contributed by atoms with van der Waals surface area (Å²) in [4.78, 5) is 12.4. The topological polar surface area (TPSA) is 59.0 Å². The fourth-order valence-electron chi connectivity index (χ4n) is 3.49. The number of nitrogens with one attached hydrogen (secondary N) is 2. The van der Waals surface area contributed by atoms with Crippen molar-refractivity contribution in [2.45, 2.75) is 64.1 Å². The summed E-state index contributed by atoms with van der Waals surface area (Å²) in [7, 11) is 0. The van der Waals surface area contributed by atoms with Gasteiger partial charge in [0.15, 0.2) is 0 Å². The highest BCUT2D eigenvalue weighted by Crippen LogP contribution is 2.38. The third-order valence-corrected chi connectivity index (χ3v) is 4.71. The largest absolute Gasteiger partial charge is 0.348 e. The molecule has 5 heteroatoms. The van der Waals surface area contributed by atoms with Crippen LogP contribution in [0.4, 0.5) is 0 Å². The monoisotopic (exact) mass is 276 g/mol. The third-order valence-electron chi connectivity index (χ3n) is 4.71. The molecule has 2 N–H and O–H groups in total. The third kappa shape index (κ3) is 2.46. The molecule has 1 aromatic rings. The summed E-state index contributed by atoms with van der Waals surface area (Å²) in [5, 5.41) is 11.2. The molecule has 1 spiro atoms. The lowest BCUT2D eigenvalue weighted by Crippen LogP contribution is -2.59. The Hall–Kier alpha value is -1.36. The van der Waals surface area contributed by atoms with Crippen LogP contribution in [-0.4, -0.2) is 33.8 Å². The van der Waals surface area contributed by atoms with Crippen LogP contribution in [0.3, 0.4) is 0 Å². The molecule has 1 aromatic heterocycles. The molecule has 2 fully saturated rings. The molecule has 2 aliphatic rings. The zero-order valence-electron chi connectivity index (χ0n) is 12.4. The number of hydrogen-bond donors (Lipinski definition) is 2. The van der Waals surface area contributed by atoms with Crippen molar-refractivity contribution in [3.8, 4) is 0 Å². The van der Waals surface area contributed by atoms with Gasteiger partial charge in [0, 0.05) is 18.1 Å². The minimum absolute atomic E-state index is 0.0221. The Balaban J connectivity index is 1.66. The Morgan fingerprint density at radius 1 is 1.60 bits per heavy atom. The van der Waals surface area contributed by atoms with Crippen LogP contribution in [0.15, 0.2) is 6.07 Å². The van der Waals surface area contributed by atoms with Gasteiger partial charge in [-0.3, -0.25) is 9.48 Å². The molecular formula is C15H24N4O. The number of aryl methyl sites for hydroxylation is 2. The van der Waals surface area contributed by atoms with E-state index < -0.39 is 0 Å². The molecule has 1 amide bonds. The standard InChI is InChI=1S/C15H24N4O/c1-3-19-13(9-11(2)18-19)14(20)17-12-5-8-16-15(10-12)6-4-7-15/h9,12,16H,3-8,10H2,1-2H3,(H,17,20). The van der Waals surface area contributed by atoms with Gasteiger partial charge < -0.3 is 10.6 Å². The average Bonchev–Trinajstić information content (AvgIpc) is 2.78. The summed E-state index contributed by atoms with van der Waals surface area (Å²) in [6.07, 6.45) is 5.91. The van der Waals surface area contributed by atoms with Crippen molar-refractivity contribution in [2.24, 2.45) is 0 Å². The summed E-state index contributed by atoms with van der Waals surface area (Å²) in [6, 6.07) is 2.17. The predicted molar refractivity (Wildman–Crippen MR) is 77.7 cm³/mol. The van der Waals surface area contributed by atoms with Crippen LogP contribution >= 0.6 is 0 Å². The van der Waals surface area contributed by atoms with Crippen LogP contribution in [0, 0.1) is 6.92 Å². The van der Waals surface area contributed by atoms with E-state index in [4.69, 9.17) is 0 Å². The van der Waals surface area contributed by atoms with E-state index in [0.29, 0.717) is 17.3 Å². The van der Waals surface area contributed by atoms with E-state index in [9.17, 15) is 4.79 Å². The Morgan fingerprint density at radius 2 is 2.40 bits per heavy atom. The van der Waals surface area contributed by atoms with Gasteiger partial charge in [-0.05, 0) is 58.6 Å². The van der Waals surface area contributed by atoms with Crippen LogP contribution in [0.5, 0.6) is 0 Å².